The highest BCUT2D eigenvalue weighted by Gasteiger charge is 2.62. The molecule has 2 N–H and O–H groups in total. The SMILES string of the molecule is NC(=S)C1CCCCN1C(=O)C(C(F)(F)F)C(F)(F)F. The van der Waals surface area contributed by atoms with Gasteiger partial charge in [0.1, 0.15) is 0 Å². The van der Waals surface area contributed by atoms with E-state index >= 15 is 0 Å². The second kappa shape index (κ2) is 5.74. The summed E-state index contributed by atoms with van der Waals surface area (Å²) in [7, 11) is 0. The number of nitrogens with two attached hydrogens (primary N) is 1. The molecular weight excluding hydrogens is 310 g/mol. The lowest BCUT2D eigenvalue weighted by molar-refractivity contribution is -0.278. The quantitative estimate of drug-likeness (QED) is 0.627. The zero-order valence-electron chi connectivity index (χ0n) is 10.1. The van der Waals surface area contributed by atoms with Gasteiger partial charge >= 0.3 is 12.4 Å². The molecule has 20 heavy (non-hydrogen) atoms. The topological polar surface area (TPSA) is 46.3 Å². The molecule has 3 nitrogen and oxygen atoms in total. The lowest BCUT2D eigenvalue weighted by Gasteiger charge is -2.37. The minimum atomic E-state index is -5.70. The first-order valence-electron chi connectivity index (χ1n) is 5.69. The van der Waals surface area contributed by atoms with Gasteiger partial charge in [-0.2, -0.15) is 26.3 Å². The van der Waals surface area contributed by atoms with Gasteiger partial charge < -0.3 is 10.6 Å². The molecule has 1 rings (SSSR count). The molecule has 1 fully saturated rings. The van der Waals surface area contributed by atoms with E-state index in [0.717, 1.165) is 0 Å². The molecule has 0 spiro atoms. The summed E-state index contributed by atoms with van der Waals surface area (Å²) >= 11 is 4.61. The van der Waals surface area contributed by atoms with Crippen molar-refractivity contribution < 1.29 is 31.1 Å². The van der Waals surface area contributed by atoms with Gasteiger partial charge in [0.2, 0.25) is 11.8 Å². The fraction of sp³-hybridized carbons (Fsp3) is 0.800. The first kappa shape index (κ1) is 17.0. The molecule has 1 aliphatic rings. The van der Waals surface area contributed by atoms with Gasteiger partial charge in [-0.05, 0) is 19.3 Å². The largest absolute Gasteiger partial charge is 0.409 e. The highest BCUT2D eigenvalue weighted by atomic mass is 32.1. The summed E-state index contributed by atoms with van der Waals surface area (Å²) in [4.78, 5) is 11.9. The number of piperidine rings is 1. The van der Waals surface area contributed by atoms with Crippen LogP contribution in [0.1, 0.15) is 19.3 Å². The number of carbonyl (C=O) groups excluding carboxylic acids is 1. The Hall–Kier alpha value is -1.06. The van der Waals surface area contributed by atoms with E-state index in [4.69, 9.17) is 5.73 Å². The van der Waals surface area contributed by atoms with Crippen LogP contribution in [0.3, 0.4) is 0 Å². The van der Waals surface area contributed by atoms with Gasteiger partial charge in [-0.25, -0.2) is 0 Å². The Morgan fingerprint density at radius 1 is 1.15 bits per heavy atom. The molecule has 0 saturated carbocycles. The van der Waals surface area contributed by atoms with Gasteiger partial charge in [0.05, 0.1) is 11.0 Å². The number of alkyl halides is 6. The summed E-state index contributed by atoms with van der Waals surface area (Å²) in [5, 5.41) is 0. The maximum Gasteiger partial charge on any atom is 0.409 e. The van der Waals surface area contributed by atoms with Crippen LogP contribution in [0.25, 0.3) is 0 Å². The van der Waals surface area contributed by atoms with Gasteiger partial charge in [0.25, 0.3) is 0 Å². The second-order valence-corrected chi connectivity index (χ2v) is 4.93. The zero-order valence-corrected chi connectivity index (χ0v) is 10.9. The van der Waals surface area contributed by atoms with Crippen LogP contribution in [0.2, 0.25) is 0 Å². The molecule has 0 radical (unpaired) electrons. The van der Waals surface area contributed by atoms with Crippen molar-refractivity contribution in [3.8, 4) is 0 Å². The van der Waals surface area contributed by atoms with E-state index in [1.165, 1.54) is 0 Å². The molecule has 116 valence electrons. The van der Waals surface area contributed by atoms with E-state index in [0.29, 0.717) is 17.7 Å². The van der Waals surface area contributed by atoms with Crippen molar-refractivity contribution in [3.05, 3.63) is 0 Å². The minimum absolute atomic E-state index is 0.170. The molecular formula is C10H12F6N2OS. The fourth-order valence-corrected chi connectivity index (χ4v) is 2.37. The number of halogens is 6. The predicted molar refractivity (Wildman–Crippen MR) is 61.7 cm³/mol. The van der Waals surface area contributed by atoms with Crippen LogP contribution in [0, 0.1) is 5.92 Å². The van der Waals surface area contributed by atoms with Crippen molar-refractivity contribution in [1.29, 1.82) is 0 Å². The molecule has 0 aromatic rings. The molecule has 0 aromatic carbocycles. The van der Waals surface area contributed by atoms with E-state index < -0.39 is 30.2 Å². The normalized spacial score (nSPS) is 21.1. The number of hydrogen-bond donors (Lipinski definition) is 1. The van der Waals surface area contributed by atoms with Crippen molar-refractivity contribution in [2.75, 3.05) is 6.54 Å². The number of nitrogens with zero attached hydrogens (tertiary/aromatic N) is 1. The Bertz CT molecular complexity index is 380. The Kier molecular flexibility index (Phi) is 4.88. The van der Waals surface area contributed by atoms with Gasteiger partial charge in [-0.1, -0.05) is 12.2 Å². The Balaban J connectivity index is 3.08. The number of carbonyl (C=O) groups is 1. The van der Waals surface area contributed by atoms with Crippen LogP contribution in [-0.2, 0) is 4.79 Å². The average Bonchev–Trinajstić information content (AvgIpc) is 2.24. The molecule has 1 saturated heterocycles. The van der Waals surface area contributed by atoms with Crippen LogP contribution in [-0.4, -0.2) is 40.7 Å². The molecule has 1 unspecified atom stereocenters. The molecule has 1 heterocycles. The van der Waals surface area contributed by atoms with Crippen molar-refractivity contribution in [2.45, 2.75) is 37.7 Å². The van der Waals surface area contributed by atoms with Crippen LogP contribution in [0.5, 0.6) is 0 Å². The summed E-state index contributed by atoms with van der Waals surface area (Å²) < 4.78 is 75.1. The summed E-state index contributed by atoms with van der Waals surface area (Å²) in [6.45, 7) is -0.219. The first-order chi connectivity index (χ1) is 8.96. The summed E-state index contributed by atoms with van der Waals surface area (Å²) in [6.07, 6.45) is -10.4. The number of amides is 1. The first-order valence-corrected chi connectivity index (χ1v) is 6.10. The molecule has 1 atom stereocenters. The number of rotatable bonds is 2. The van der Waals surface area contributed by atoms with Crippen molar-refractivity contribution in [1.82, 2.24) is 4.90 Å². The van der Waals surface area contributed by atoms with Gasteiger partial charge in [-0.15, -0.1) is 0 Å². The highest BCUT2D eigenvalue weighted by molar-refractivity contribution is 7.80. The van der Waals surface area contributed by atoms with Gasteiger partial charge in [0.15, 0.2) is 0 Å². The smallest absolute Gasteiger partial charge is 0.392 e. The Morgan fingerprint density at radius 2 is 1.65 bits per heavy atom. The third kappa shape index (κ3) is 3.74. The number of likely N-dealkylation sites (tertiary alicyclic amines) is 1. The maximum atomic E-state index is 12.5. The Morgan fingerprint density at radius 3 is 2.05 bits per heavy atom. The van der Waals surface area contributed by atoms with E-state index in [2.05, 4.69) is 12.2 Å². The fourth-order valence-electron chi connectivity index (χ4n) is 2.12. The molecule has 1 aliphatic heterocycles. The standard InChI is InChI=1S/C10H12F6N2OS/c11-9(12,13)6(10(14,15)16)8(19)18-4-2-1-3-5(18)7(17)20/h5-6H,1-4H2,(H2,17,20). The minimum Gasteiger partial charge on any atom is -0.392 e. The monoisotopic (exact) mass is 322 g/mol. The number of thiocarbonyl (C=S) groups is 1. The Labute approximate surface area is 116 Å². The highest BCUT2D eigenvalue weighted by Crippen LogP contribution is 2.41. The van der Waals surface area contributed by atoms with Crippen LogP contribution < -0.4 is 5.73 Å². The van der Waals surface area contributed by atoms with E-state index in [1.54, 1.807) is 0 Å². The maximum absolute atomic E-state index is 12.5. The summed E-state index contributed by atoms with van der Waals surface area (Å²) in [5.41, 5.74) is 5.29. The van der Waals surface area contributed by atoms with Crippen molar-refractivity contribution >= 4 is 23.1 Å². The van der Waals surface area contributed by atoms with E-state index in [9.17, 15) is 31.1 Å². The molecule has 0 aliphatic carbocycles. The van der Waals surface area contributed by atoms with Gasteiger partial charge in [-0.3, -0.25) is 4.79 Å². The lowest BCUT2D eigenvalue weighted by Crippen LogP contribution is -2.56. The van der Waals surface area contributed by atoms with Crippen molar-refractivity contribution in [3.63, 3.8) is 0 Å². The molecule has 0 aromatic heterocycles. The average molecular weight is 322 g/mol. The van der Waals surface area contributed by atoms with Crippen molar-refractivity contribution in [2.24, 2.45) is 11.7 Å². The molecule has 0 bridgehead atoms. The lowest BCUT2D eigenvalue weighted by atomic mass is 9.98. The van der Waals surface area contributed by atoms with Crippen LogP contribution >= 0.6 is 12.2 Å². The molecule has 10 heteroatoms. The number of hydrogen-bond acceptors (Lipinski definition) is 2. The third-order valence-electron chi connectivity index (χ3n) is 3.02. The predicted octanol–water partition coefficient (Wildman–Crippen LogP) is 2.39. The van der Waals surface area contributed by atoms with E-state index in [1.807, 2.05) is 0 Å². The summed E-state index contributed by atoms with van der Waals surface area (Å²) in [6, 6.07) is -1.06. The third-order valence-corrected chi connectivity index (χ3v) is 3.29. The van der Waals surface area contributed by atoms with Crippen LogP contribution in [0.4, 0.5) is 26.3 Å². The summed E-state index contributed by atoms with van der Waals surface area (Å²) in [5.74, 6) is -6.08. The zero-order chi connectivity index (χ0) is 15.7. The second-order valence-electron chi connectivity index (χ2n) is 4.46. The van der Waals surface area contributed by atoms with E-state index in [-0.39, 0.29) is 18.0 Å². The van der Waals surface area contributed by atoms with Crippen LogP contribution in [0.15, 0.2) is 0 Å². The van der Waals surface area contributed by atoms with Gasteiger partial charge in [0, 0.05) is 6.54 Å². The molecule has 1 amide bonds.